The summed E-state index contributed by atoms with van der Waals surface area (Å²) in [6.07, 6.45) is 4.83. The normalized spacial score (nSPS) is 10.1. The highest BCUT2D eigenvalue weighted by Crippen LogP contribution is 2.26. The van der Waals surface area contributed by atoms with Gasteiger partial charge in [0.15, 0.2) is 5.82 Å². The van der Waals surface area contributed by atoms with Gasteiger partial charge in [-0.15, -0.1) is 0 Å². The smallest absolute Gasteiger partial charge is 0.339 e. The summed E-state index contributed by atoms with van der Waals surface area (Å²) in [5.41, 5.74) is 1.09. The third-order valence-corrected chi connectivity index (χ3v) is 2.97. The maximum atomic E-state index is 11.6. The molecule has 0 spiro atoms. The van der Waals surface area contributed by atoms with Gasteiger partial charge in [0, 0.05) is 25.1 Å². The quantitative estimate of drug-likeness (QED) is 0.808. The van der Waals surface area contributed by atoms with Crippen molar-refractivity contribution in [1.82, 2.24) is 9.97 Å². The first kappa shape index (κ1) is 13.3. The monoisotopic (exact) mass is 277 g/mol. The molecule has 1 aromatic heterocycles. The van der Waals surface area contributed by atoms with E-state index in [1.54, 1.807) is 41.7 Å². The van der Waals surface area contributed by atoms with Crippen LogP contribution in [-0.2, 0) is 4.74 Å². The molecular formula is C13H12ClN3O2. The number of nitrogens with zero attached hydrogens (tertiary/aromatic N) is 3. The van der Waals surface area contributed by atoms with Crippen LogP contribution < -0.4 is 4.90 Å². The topological polar surface area (TPSA) is 55.3 Å². The number of hydrogen-bond donors (Lipinski definition) is 0. The molecular weight excluding hydrogens is 266 g/mol. The second-order valence-corrected chi connectivity index (χ2v) is 4.19. The van der Waals surface area contributed by atoms with Crippen molar-refractivity contribution in [2.75, 3.05) is 19.1 Å². The molecule has 0 radical (unpaired) electrons. The SMILES string of the molecule is COC(=O)c1cc(N(C)c2cnccn2)ccc1Cl. The van der Waals surface area contributed by atoms with Crippen molar-refractivity contribution in [2.24, 2.45) is 0 Å². The summed E-state index contributed by atoms with van der Waals surface area (Å²) in [6.45, 7) is 0. The molecule has 1 aromatic carbocycles. The number of esters is 1. The molecule has 0 amide bonds. The lowest BCUT2D eigenvalue weighted by Crippen LogP contribution is -2.12. The van der Waals surface area contributed by atoms with Gasteiger partial charge in [-0.2, -0.15) is 0 Å². The molecule has 6 heteroatoms. The molecule has 19 heavy (non-hydrogen) atoms. The Morgan fingerprint density at radius 2 is 2.16 bits per heavy atom. The Kier molecular flexibility index (Phi) is 3.97. The lowest BCUT2D eigenvalue weighted by atomic mass is 10.2. The molecule has 0 saturated heterocycles. The van der Waals surface area contributed by atoms with E-state index >= 15 is 0 Å². The van der Waals surface area contributed by atoms with E-state index in [1.807, 2.05) is 7.05 Å². The molecule has 1 heterocycles. The van der Waals surface area contributed by atoms with Gasteiger partial charge >= 0.3 is 5.97 Å². The highest BCUT2D eigenvalue weighted by Gasteiger charge is 2.14. The van der Waals surface area contributed by atoms with E-state index in [4.69, 9.17) is 11.6 Å². The van der Waals surface area contributed by atoms with Crippen molar-refractivity contribution in [3.8, 4) is 0 Å². The van der Waals surface area contributed by atoms with Gasteiger partial charge in [0.05, 0.1) is 23.9 Å². The molecule has 0 saturated carbocycles. The van der Waals surface area contributed by atoms with E-state index in [2.05, 4.69) is 14.7 Å². The Balaban J connectivity index is 2.38. The molecule has 5 nitrogen and oxygen atoms in total. The van der Waals surface area contributed by atoms with Crippen LogP contribution in [0.4, 0.5) is 11.5 Å². The number of aromatic nitrogens is 2. The number of halogens is 1. The van der Waals surface area contributed by atoms with Gasteiger partial charge in [-0.05, 0) is 18.2 Å². The maximum Gasteiger partial charge on any atom is 0.339 e. The first-order valence-corrected chi connectivity index (χ1v) is 5.89. The molecule has 0 N–H and O–H groups in total. The molecule has 0 aliphatic rings. The summed E-state index contributed by atoms with van der Waals surface area (Å²) in [7, 11) is 3.14. The second kappa shape index (κ2) is 5.67. The van der Waals surface area contributed by atoms with E-state index in [0.717, 1.165) is 5.69 Å². The molecule has 0 atom stereocenters. The third-order valence-electron chi connectivity index (χ3n) is 2.64. The van der Waals surface area contributed by atoms with Crippen LogP contribution in [0.25, 0.3) is 0 Å². The molecule has 0 unspecified atom stereocenters. The molecule has 2 rings (SSSR count). The summed E-state index contributed by atoms with van der Waals surface area (Å²) in [6, 6.07) is 5.10. The molecule has 0 aliphatic carbocycles. The highest BCUT2D eigenvalue weighted by atomic mass is 35.5. The summed E-state index contributed by atoms with van der Waals surface area (Å²) < 4.78 is 4.69. The zero-order chi connectivity index (χ0) is 13.8. The van der Waals surface area contributed by atoms with Gasteiger partial charge in [-0.1, -0.05) is 11.6 Å². The zero-order valence-corrected chi connectivity index (χ0v) is 11.3. The van der Waals surface area contributed by atoms with Crippen LogP contribution in [0.15, 0.2) is 36.8 Å². The van der Waals surface area contributed by atoms with Crippen LogP contribution in [0.1, 0.15) is 10.4 Å². The Morgan fingerprint density at radius 3 is 2.79 bits per heavy atom. The second-order valence-electron chi connectivity index (χ2n) is 3.78. The number of methoxy groups -OCH3 is 1. The van der Waals surface area contributed by atoms with Crippen molar-refractivity contribution < 1.29 is 9.53 Å². The van der Waals surface area contributed by atoms with Crippen molar-refractivity contribution in [2.45, 2.75) is 0 Å². The number of carbonyl (C=O) groups excluding carboxylic acids is 1. The Bertz CT molecular complexity index is 590. The van der Waals surface area contributed by atoms with E-state index in [1.165, 1.54) is 7.11 Å². The minimum atomic E-state index is -0.473. The molecule has 0 bridgehead atoms. The van der Waals surface area contributed by atoms with Crippen LogP contribution in [0, 0.1) is 0 Å². The predicted octanol–water partition coefficient (Wildman–Crippen LogP) is 2.68. The van der Waals surface area contributed by atoms with Gasteiger partial charge in [-0.25, -0.2) is 9.78 Å². The fourth-order valence-corrected chi connectivity index (χ4v) is 1.78. The maximum absolute atomic E-state index is 11.6. The largest absolute Gasteiger partial charge is 0.465 e. The van der Waals surface area contributed by atoms with Crippen molar-refractivity contribution in [3.63, 3.8) is 0 Å². The van der Waals surface area contributed by atoms with Gasteiger partial charge < -0.3 is 9.64 Å². The lowest BCUT2D eigenvalue weighted by molar-refractivity contribution is 0.0601. The average molecular weight is 278 g/mol. The van der Waals surface area contributed by atoms with Gasteiger partial charge in [0.25, 0.3) is 0 Å². The average Bonchev–Trinajstić information content (AvgIpc) is 2.47. The van der Waals surface area contributed by atoms with Crippen LogP contribution >= 0.6 is 11.6 Å². The Morgan fingerprint density at radius 1 is 1.37 bits per heavy atom. The Labute approximate surface area is 115 Å². The summed E-state index contributed by atoms with van der Waals surface area (Å²) in [5.74, 6) is 0.194. The first-order chi connectivity index (χ1) is 9.13. The standard InChI is InChI=1S/C13H12ClN3O2/c1-17(12-8-15-5-6-16-12)9-3-4-11(14)10(7-9)13(18)19-2/h3-8H,1-2H3. The third kappa shape index (κ3) is 2.82. The molecule has 2 aromatic rings. The number of rotatable bonds is 3. The number of hydrogen-bond acceptors (Lipinski definition) is 5. The Hall–Kier alpha value is -2.14. The highest BCUT2D eigenvalue weighted by molar-refractivity contribution is 6.33. The van der Waals surface area contributed by atoms with Crippen LogP contribution in [0.5, 0.6) is 0 Å². The number of carbonyl (C=O) groups is 1. The van der Waals surface area contributed by atoms with E-state index in [9.17, 15) is 4.79 Å². The van der Waals surface area contributed by atoms with Crippen LogP contribution in [-0.4, -0.2) is 30.1 Å². The van der Waals surface area contributed by atoms with E-state index in [0.29, 0.717) is 16.4 Å². The van der Waals surface area contributed by atoms with Gasteiger partial charge in [-0.3, -0.25) is 4.98 Å². The van der Waals surface area contributed by atoms with Crippen molar-refractivity contribution >= 4 is 29.1 Å². The number of anilines is 2. The fourth-order valence-electron chi connectivity index (χ4n) is 1.58. The number of benzene rings is 1. The van der Waals surface area contributed by atoms with Gasteiger partial charge in [0.2, 0.25) is 0 Å². The van der Waals surface area contributed by atoms with Crippen molar-refractivity contribution in [1.29, 1.82) is 0 Å². The zero-order valence-electron chi connectivity index (χ0n) is 10.5. The summed E-state index contributed by atoms with van der Waals surface area (Å²) in [5, 5.41) is 0.350. The van der Waals surface area contributed by atoms with E-state index < -0.39 is 5.97 Å². The molecule has 0 fully saturated rings. The molecule has 98 valence electrons. The van der Waals surface area contributed by atoms with Crippen molar-refractivity contribution in [3.05, 3.63) is 47.4 Å². The lowest BCUT2D eigenvalue weighted by Gasteiger charge is -2.18. The van der Waals surface area contributed by atoms with Crippen LogP contribution in [0.2, 0.25) is 5.02 Å². The molecule has 0 aliphatic heterocycles. The predicted molar refractivity (Wildman–Crippen MR) is 72.9 cm³/mol. The van der Waals surface area contributed by atoms with Gasteiger partial charge in [0.1, 0.15) is 0 Å². The first-order valence-electron chi connectivity index (χ1n) is 5.51. The van der Waals surface area contributed by atoms with Crippen LogP contribution in [0.3, 0.4) is 0 Å². The van der Waals surface area contributed by atoms with E-state index in [-0.39, 0.29) is 0 Å². The number of ether oxygens (including phenoxy) is 1. The minimum Gasteiger partial charge on any atom is -0.465 e. The summed E-state index contributed by atoms with van der Waals surface area (Å²) in [4.78, 5) is 21.6. The minimum absolute atomic E-state index is 0.317. The summed E-state index contributed by atoms with van der Waals surface area (Å²) >= 11 is 5.97. The fraction of sp³-hybridized carbons (Fsp3) is 0.154.